The molecule has 20 heavy (non-hydrogen) atoms. The van der Waals surface area contributed by atoms with E-state index in [0.29, 0.717) is 18.5 Å². The summed E-state index contributed by atoms with van der Waals surface area (Å²) in [6.45, 7) is 2.58. The summed E-state index contributed by atoms with van der Waals surface area (Å²) in [5.74, 6) is 0.780. The molecule has 4 atom stereocenters. The van der Waals surface area contributed by atoms with Crippen LogP contribution in [0.3, 0.4) is 0 Å². The van der Waals surface area contributed by atoms with Gasteiger partial charge in [0.15, 0.2) is 0 Å². The molecule has 0 radical (unpaired) electrons. The van der Waals surface area contributed by atoms with E-state index in [4.69, 9.17) is 0 Å². The normalized spacial score (nSPS) is 40.5. The lowest BCUT2D eigenvalue weighted by Gasteiger charge is -2.26. The SMILES string of the molecule is O=C1[C@@H]2[C@H](C(=O)N1CN1CCCCCC1)[C@@H]1C=C[C@H]2C1. The number of carbonyl (C=O) groups excluding carboxylic acids is 2. The summed E-state index contributed by atoms with van der Waals surface area (Å²) >= 11 is 0. The van der Waals surface area contributed by atoms with Crippen molar-refractivity contribution in [3.05, 3.63) is 12.2 Å². The first-order chi connectivity index (χ1) is 9.75. The molecule has 0 unspecified atom stereocenters. The Kier molecular flexibility index (Phi) is 2.95. The van der Waals surface area contributed by atoms with Crippen LogP contribution in [0.25, 0.3) is 0 Å². The van der Waals surface area contributed by atoms with E-state index in [0.717, 1.165) is 19.5 Å². The predicted octanol–water partition coefficient (Wildman–Crippen LogP) is 1.63. The quantitative estimate of drug-likeness (QED) is 0.567. The van der Waals surface area contributed by atoms with Crippen LogP contribution in [-0.2, 0) is 9.59 Å². The fraction of sp³-hybridized carbons (Fsp3) is 0.750. The number of fused-ring (bicyclic) bond motifs is 5. The van der Waals surface area contributed by atoms with Crippen LogP contribution in [0.4, 0.5) is 0 Å². The molecule has 1 saturated carbocycles. The molecule has 2 heterocycles. The van der Waals surface area contributed by atoms with Crippen molar-refractivity contribution in [3.63, 3.8) is 0 Å². The van der Waals surface area contributed by atoms with Crippen LogP contribution in [0.1, 0.15) is 32.1 Å². The third-order valence-electron chi connectivity index (χ3n) is 5.60. The van der Waals surface area contributed by atoms with E-state index < -0.39 is 0 Å². The summed E-state index contributed by atoms with van der Waals surface area (Å²) in [6.07, 6.45) is 10.3. The lowest BCUT2D eigenvalue weighted by Crippen LogP contribution is -2.43. The number of carbonyl (C=O) groups is 2. The predicted molar refractivity (Wildman–Crippen MR) is 74.5 cm³/mol. The Bertz CT molecular complexity index is 435. The first kappa shape index (κ1) is 12.6. The van der Waals surface area contributed by atoms with Crippen LogP contribution in [0, 0.1) is 23.7 Å². The van der Waals surface area contributed by atoms with E-state index in [1.165, 1.54) is 25.7 Å². The molecule has 2 aliphatic heterocycles. The maximum Gasteiger partial charge on any atom is 0.234 e. The Morgan fingerprint density at radius 3 is 2.00 bits per heavy atom. The minimum atomic E-state index is -0.0375. The van der Waals surface area contributed by atoms with Crippen LogP contribution >= 0.6 is 0 Å². The second-order valence-corrected chi connectivity index (χ2v) is 6.78. The Morgan fingerprint density at radius 1 is 0.900 bits per heavy atom. The van der Waals surface area contributed by atoms with Crippen LogP contribution < -0.4 is 0 Å². The molecule has 108 valence electrons. The van der Waals surface area contributed by atoms with Crippen LogP contribution in [0.5, 0.6) is 0 Å². The van der Waals surface area contributed by atoms with E-state index in [1.807, 2.05) is 0 Å². The lowest BCUT2D eigenvalue weighted by molar-refractivity contribution is -0.143. The zero-order valence-corrected chi connectivity index (χ0v) is 11.8. The van der Waals surface area contributed by atoms with E-state index >= 15 is 0 Å². The van der Waals surface area contributed by atoms with Crippen molar-refractivity contribution in [1.29, 1.82) is 0 Å². The number of amides is 2. The summed E-state index contributed by atoms with van der Waals surface area (Å²) in [4.78, 5) is 29.0. The van der Waals surface area contributed by atoms with Gasteiger partial charge in [0.1, 0.15) is 0 Å². The summed E-state index contributed by atoms with van der Waals surface area (Å²) < 4.78 is 0. The van der Waals surface area contributed by atoms with Gasteiger partial charge in [-0.05, 0) is 44.2 Å². The first-order valence-electron chi connectivity index (χ1n) is 8.01. The lowest BCUT2D eigenvalue weighted by atomic mass is 9.85. The van der Waals surface area contributed by atoms with Crippen molar-refractivity contribution in [2.75, 3.05) is 19.8 Å². The van der Waals surface area contributed by atoms with Crippen LogP contribution in [0.2, 0.25) is 0 Å². The zero-order valence-electron chi connectivity index (χ0n) is 11.8. The zero-order chi connectivity index (χ0) is 13.7. The average Bonchev–Trinajstić information content (AvgIpc) is 3.04. The summed E-state index contributed by atoms with van der Waals surface area (Å²) in [7, 11) is 0. The Hall–Kier alpha value is -1.16. The molecule has 0 aromatic rings. The molecule has 4 aliphatic rings. The molecule has 0 aromatic carbocycles. The number of nitrogens with zero attached hydrogens (tertiary/aromatic N) is 2. The number of allylic oxidation sites excluding steroid dienone is 2. The van der Waals surface area contributed by atoms with Crippen molar-refractivity contribution in [2.45, 2.75) is 32.1 Å². The number of rotatable bonds is 2. The highest BCUT2D eigenvalue weighted by molar-refractivity contribution is 6.06. The highest BCUT2D eigenvalue weighted by Crippen LogP contribution is 2.52. The van der Waals surface area contributed by atoms with Gasteiger partial charge in [-0.15, -0.1) is 0 Å². The van der Waals surface area contributed by atoms with E-state index in [1.54, 1.807) is 4.90 Å². The second-order valence-electron chi connectivity index (χ2n) is 6.78. The van der Waals surface area contributed by atoms with Crippen molar-refractivity contribution in [3.8, 4) is 0 Å². The van der Waals surface area contributed by atoms with Crippen molar-refractivity contribution < 1.29 is 9.59 Å². The largest absolute Gasteiger partial charge is 0.286 e. The Labute approximate surface area is 119 Å². The second kappa shape index (κ2) is 4.69. The fourth-order valence-electron chi connectivity index (χ4n) is 4.58. The molecule has 0 spiro atoms. The monoisotopic (exact) mass is 274 g/mol. The molecular formula is C16H22N2O2. The molecule has 2 saturated heterocycles. The summed E-state index contributed by atoms with van der Waals surface area (Å²) in [5, 5.41) is 0. The molecule has 3 fully saturated rings. The van der Waals surface area contributed by atoms with E-state index in [9.17, 15) is 9.59 Å². The van der Waals surface area contributed by atoms with Gasteiger partial charge in [0.25, 0.3) is 0 Å². The maximum atomic E-state index is 12.6. The molecule has 4 rings (SSSR count). The summed E-state index contributed by atoms with van der Waals surface area (Å²) in [6, 6.07) is 0. The number of hydrogen-bond acceptors (Lipinski definition) is 3. The van der Waals surface area contributed by atoms with Gasteiger partial charge in [0, 0.05) is 0 Å². The Morgan fingerprint density at radius 2 is 1.45 bits per heavy atom. The van der Waals surface area contributed by atoms with Gasteiger partial charge in [0.2, 0.25) is 11.8 Å². The number of hydrogen-bond donors (Lipinski definition) is 0. The molecule has 2 bridgehead atoms. The van der Waals surface area contributed by atoms with Gasteiger partial charge in [-0.3, -0.25) is 19.4 Å². The van der Waals surface area contributed by atoms with E-state index in [2.05, 4.69) is 17.1 Å². The molecule has 0 N–H and O–H groups in total. The van der Waals surface area contributed by atoms with E-state index in [-0.39, 0.29) is 23.7 Å². The minimum Gasteiger partial charge on any atom is -0.286 e. The Balaban J connectivity index is 1.50. The highest BCUT2D eigenvalue weighted by atomic mass is 16.2. The fourth-order valence-corrected chi connectivity index (χ4v) is 4.58. The number of imide groups is 1. The third kappa shape index (κ3) is 1.77. The molecular weight excluding hydrogens is 252 g/mol. The van der Waals surface area contributed by atoms with Gasteiger partial charge < -0.3 is 0 Å². The molecule has 4 heteroatoms. The third-order valence-corrected chi connectivity index (χ3v) is 5.60. The standard InChI is InChI=1S/C16H22N2O2/c19-15-13-11-5-6-12(9-11)14(13)16(20)18(15)10-17-7-3-1-2-4-8-17/h5-6,11-14H,1-4,7-10H2/t11-,12+,13-,14+. The molecule has 2 amide bonds. The maximum absolute atomic E-state index is 12.6. The van der Waals surface area contributed by atoms with Crippen molar-refractivity contribution in [1.82, 2.24) is 9.80 Å². The number of likely N-dealkylation sites (tertiary alicyclic amines) is 2. The molecule has 2 aliphatic carbocycles. The van der Waals surface area contributed by atoms with Gasteiger partial charge in [0.05, 0.1) is 18.5 Å². The highest BCUT2D eigenvalue weighted by Gasteiger charge is 2.59. The smallest absolute Gasteiger partial charge is 0.234 e. The van der Waals surface area contributed by atoms with Gasteiger partial charge >= 0.3 is 0 Å². The summed E-state index contributed by atoms with van der Waals surface area (Å²) in [5.41, 5.74) is 0. The average molecular weight is 274 g/mol. The van der Waals surface area contributed by atoms with Crippen molar-refractivity contribution >= 4 is 11.8 Å². The van der Waals surface area contributed by atoms with Gasteiger partial charge in [-0.2, -0.15) is 0 Å². The molecule has 4 nitrogen and oxygen atoms in total. The van der Waals surface area contributed by atoms with Crippen molar-refractivity contribution in [2.24, 2.45) is 23.7 Å². The first-order valence-corrected chi connectivity index (χ1v) is 8.01. The van der Waals surface area contributed by atoms with Gasteiger partial charge in [-0.1, -0.05) is 25.0 Å². The minimum absolute atomic E-state index is 0.0375. The van der Waals surface area contributed by atoms with Crippen LogP contribution in [0.15, 0.2) is 12.2 Å². The van der Waals surface area contributed by atoms with Gasteiger partial charge in [-0.25, -0.2) is 0 Å². The van der Waals surface area contributed by atoms with Crippen LogP contribution in [-0.4, -0.2) is 41.4 Å². The molecule has 0 aromatic heterocycles. The topological polar surface area (TPSA) is 40.6 Å².